The SMILES string of the molecule is CC(C)[C@@H](C=O)NC(=O)[C@H](CS)NC(=O)[C@H](Cc1ccccc1)NC(=O)[C@@H](N)CCCN=C(N)N. The summed E-state index contributed by atoms with van der Waals surface area (Å²) >= 11 is 4.17. The van der Waals surface area contributed by atoms with Crippen LogP contribution in [0.25, 0.3) is 0 Å². The minimum absolute atomic E-state index is 0.00243. The van der Waals surface area contributed by atoms with Gasteiger partial charge in [-0.1, -0.05) is 44.2 Å². The third kappa shape index (κ3) is 11.2. The summed E-state index contributed by atoms with van der Waals surface area (Å²) in [5, 5.41) is 7.90. The summed E-state index contributed by atoms with van der Waals surface area (Å²) < 4.78 is 0. The Hall–Kier alpha value is -3.12. The van der Waals surface area contributed by atoms with E-state index in [0.717, 1.165) is 5.56 Å². The van der Waals surface area contributed by atoms with Crippen molar-refractivity contribution < 1.29 is 19.2 Å². The van der Waals surface area contributed by atoms with Gasteiger partial charge in [0.1, 0.15) is 18.4 Å². The number of nitrogens with zero attached hydrogens (tertiary/aromatic N) is 1. The summed E-state index contributed by atoms with van der Waals surface area (Å²) in [5.74, 6) is -1.79. The molecular weight excluding hydrogens is 470 g/mol. The van der Waals surface area contributed by atoms with Crippen molar-refractivity contribution >= 4 is 42.6 Å². The predicted octanol–water partition coefficient (Wildman–Crippen LogP) is -1.15. The fourth-order valence-electron chi connectivity index (χ4n) is 3.08. The lowest BCUT2D eigenvalue weighted by Crippen LogP contribution is -2.58. The normalized spacial score (nSPS) is 14.2. The summed E-state index contributed by atoms with van der Waals surface area (Å²) in [5.41, 5.74) is 17.4. The van der Waals surface area contributed by atoms with Gasteiger partial charge in [0, 0.05) is 18.7 Å². The molecule has 194 valence electrons. The molecule has 12 heteroatoms. The smallest absolute Gasteiger partial charge is 0.244 e. The molecule has 1 aromatic rings. The first-order valence-electron chi connectivity index (χ1n) is 11.4. The van der Waals surface area contributed by atoms with Crippen LogP contribution in [0.3, 0.4) is 0 Å². The number of aliphatic imine (C=N–C) groups is 1. The molecule has 11 nitrogen and oxygen atoms in total. The van der Waals surface area contributed by atoms with Gasteiger partial charge in [-0.15, -0.1) is 0 Å². The van der Waals surface area contributed by atoms with E-state index in [2.05, 4.69) is 33.6 Å². The van der Waals surface area contributed by atoms with Crippen molar-refractivity contribution in [1.82, 2.24) is 16.0 Å². The minimum Gasteiger partial charge on any atom is -0.370 e. The zero-order valence-electron chi connectivity index (χ0n) is 20.1. The molecule has 9 N–H and O–H groups in total. The maximum Gasteiger partial charge on any atom is 0.244 e. The van der Waals surface area contributed by atoms with E-state index in [1.54, 1.807) is 13.8 Å². The molecule has 0 unspecified atom stereocenters. The highest BCUT2D eigenvalue weighted by Gasteiger charge is 2.29. The van der Waals surface area contributed by atoms with E-state index in [9.17, 15) is 19.2 Å². The molecular formula is C23H37N7O4S. The molecule has 0 fully saturated rings. The average Bonchev–Trinajstić information content (AvgIpc) is 2.82. The number of carbonyl (C=O) groups excluding carboxylic acids is 4. The Kier molecular flexibility index (Phi) is 13.4. The molecule has 0 aliphatic heterocycles. The quantitative estimate of drug-likeness (QED) is 0.0511. The maximum atomic E-state index is 13.1. The first-order valence-corrected chi connectivity index (χ1v) is 12.0. The lowest BCUT2D eigenvalue weighted by Gasteiger charge is -2.25. The number of aldehydes is 1. The average molecular weight is 508 g/mol. The van der Waals surface area contributed by atoms with Crippen molar-refractivity contribution in [3.63, 3.8) is 0 Å². The molecule has 0 aliphatic carbocycles. The number of nitrogens with one attached hydrogen (secondary N) is 3. The molecule has 0 saturated carbocycles. The van der Waals surface area contributed by atoms with Crippen molar-refractivity contribution in [3.8, 4) is 0 Å². The Bertz CT molecular complexity index is 863. The van der Waals surface area contributed by atoms with E-state index < -0.39 is 41.9 Å². The molecule has 1 aromatic carbocycles. The highest BCUT2D eigenvalue weighted by atomic mass is 32.1. The number of hydrogen-bond acceptors (Lipinski definition) is 7. The summed E-state index contributed by atoms with van der Waals surface area (Å²) in [4.78, 5) is 53.5. The van der Waals surface area contributed by atoms with Crippen LogP contribution in [0, 0.1) is 5.92 Å². The molecule has 0 radical (unpaired) electrons. The largest absolute Gasteiger partial charge is 0.370 e. The molecule has 0 heterocycles. The summed E-state index contributed by atoms with van der Waals surface area (Å²) in [6.45, 7) is 3.91. The number of hydrogen-bond donors (Lipinski definition) is 7. The zero-order valence-corrected chi connectivity index (χ0v) is 21.0. The van der Waals surface area contributed by atoms with Gasteiger partial charge in [0.15, 0.2) is 5.96 Å². The Labute approximate surface area is 211 Å². The molecule has 0 bridgehead atoms. The Morgan fingerprint density at radius 3 is 2.14 bits per heavy atom. The molecule has 4 atom stereocenters. The molecule has 0 aliphatic rings. The maximum absolute atomic E-state index is 13.1. The molecule has 0 spiro atoms. The van der Waals surface area contributed by atoms with Gasteiger partial charge < -0.3 is 37.9 Å². The van der Waals surface area contributed by atoms with E-state index in [1.807, 2.05) is 30.3 Å². The highest BCUT2D eigenvalue weighted by Crippen LogP contribution is 2.06. The van der Waals surface area contributed by atoms with Gasteiger partial charge in [0.2, 0.25) is 17.7 Å². The van der Waals surface area contributed by atoms with E-state index >= 15 is 0 Å². The van der Waals surface area contributed by atoms with E-state index in [-0.39, 0.29) is 24.1 Å². The monoisotopic (exact) mass is 507 g/mol. The van der Waals surface area contributed by atoms with Gasteiger partial charge in [0.05, 0.1) is 12.1 Å². The number of carbonyl (C=O) groups is 4. The van der Waals surface area contributed by atoms with Gasteiger partial charge in [0.25, 0.3) is 0 Å². The van der Waals surface area contributed by atoms with Gasteiger partial charge in [-0.3, -0.25) is 19.4 Å². The van der Waals surface area contributed by atoms with Gasteiger partial charge >= 0.3 is 0 Å². The standard InChI is InChI=1S/C23H37N7O4S/c1-14(2)18(12-31)29-22(34)19(13-35)30-21(33)17(11-15-7-4-3-5-8-15)28-20(32)16(24)9-6-10-27-23(25)26/h3-5,7-8,12,14,16-19,35H,6,9-11,13,24H2,1-2H3,(H,28,32)(H,29,34)(H,30,33)(H4,25,26,27)/t16-,17-,18+,19-/m0/s1. The topological polar surface area (TPSA) is 195 Å². The van der Waals surface area contributed by atoms with E-state index in [0.29, 0.717) is 25.7 Å². The Morgan fingerprint density at radius 2 is 1.60 bits per heavy atom. The third-order valence-electron chi connectivity index (χ3n) is 5.21. The summed E-state index contributed by atoms with van der Waals surface area (Å²) in [7, 11) is 0. The van der Waals surface area contributed by atoms with Crippen LogP contribution in [0.2, 0.25) is 0 Å². The molecule has 0 saturated heterocycles. The number of rotatable bonds is 15. The minimum atomic E-state index is -1.00. The van der Waals surface area contributed by atoms with Gasteiger partial charge in [-0.2, -0.15) is 12.6 Å². The second-order valence-corrected chi connectivity index (χ2v) is 8.83. The first-order chi connectivity index (χ1) is 16.6. The summed E-state index contributed by atoms with van der Waals surface area (Å²) in [6.07, 6.45) is 1.62. The van der Waals surface area contributed by atoms with Crippen LogP contribution in [-0.4, -0.2) is 66.4 Å². The second kappa shape index (κ2) is 15.7. The fraction of sp³-hybridized carbons (Fsp3) is 0.522. The number of nitrogens with two attached hydrogens (primary N) is 3. The number of guanidine groups is 1. The summed E-state index contributed by atoms with van der Waals surface area (Å²) in [6, 6.07) is 5.55. The molecule has 3 amide bonds. The van der Waals surface area contributed by atoms with Crippen LogP contribution in [0.4, 0.5) is 0 Å². The Balaban J connectivity index is 2.90. The molecule has 0 aromatic heterocycles. The van der Waals surface area contributed by atoms with Crippen LogP contribution in [-0.2, 0) is 25.6 Å². The van der Waals surface area contributed by atoms with Crippen LogP contribution in [0.15, 0.2) is 35.3 Å². The van der Waals surface area contributed by atoms with Crippen molar-refractivity contribution in [2.24, 2.45) is 28.1 Å². The molecule has 1 rings (SSSR count). The van der Waals surface area contributed by atoms with Crippen LogP contribution < -0.4 is 33.2 Å². The van der Waals surface area contributed by atoms with Crippen molar-refractivity contribution in [2.45, 2.75) is 57.3 Å². The Morgan fingerprint density at radius 1 is 1.00 bits per heavy atom. The lowest BCUT2D eigenvalue weighted by atomic mass is 10.0. The van der Waals surface area contributed by atoms with Crippen LogP contribution >= 0.6 is 12.6 Å². The van der Waals surface area contributed by atoms with Crippen molar-refractivity contribution in [1.29, 1.82) is 0 Å². The van der Waals surface area contributed by atoms with Crippen molar-refractivity contribution in [3.05, 3.63) is 35.9 Å². The fourth-order valence-corrected chi connectivity index (χ4v) is 3.33. The highest BCUT2D eigenvalue weighted by molar-refractivity contribution is 7.80. The molecule has 35 heavy (non-hydrogen) atoms. The number of thiol groups is 1. The van der Waals surface area contributed by atoms with Crippen LogP contribution in [0.1, 0.15) is 32.3 Å². The lowest BCUT2D eigenvalue weighted by molar-refractivity contribution is -0.132. The van der Waals surface area contributed by atoms with Crippen molar-refractivity contribution in [2.75, 3.05) is 12.3 Å². The first kappa shape index (κ1) is 29.9. The number of benzene rings is 1. The zero-order chi connectivity index (χ0) is 26.4. The van der Waals surface area contributed by atoms with E-state index in [4.69, 9.17) is 17.2 Å². The van der Waals surface area contributed by atoms with E-state index in [1.165, 1.54) is 0 Å². The predicted molar refractivity (Wildman–Crippen MR) is 139 cm³/mol. The van der Waals surface area contributed by atoms with Gasteiger partial charge in [-0.05, 0) is 24.3 Å². The third-order valence-corrected chi connectivity index (χ3v) is 5.57. The van der Waals surface area contributed by atoms with Gasteiger partial charge in [-0.25, -0.2) is 0 Å². The van der Waals surface area contributed by atoms with Crippen LogP contribution in [0.5, 0.6) is 0 Å². The second-order valence-electron chi connectivity index (χ2n) is 8.46. The number of amides is 3.